The fraction of sp³-hybridized carbons (Fsp3) is 0.562. The van der Waals surface area contributed by atoms with Crippen LogP contribution >= 0.6 is 12.4 Å². The van der Waals surface area contributed by atoms with Gasteiger partial charge >= 0.3 is 0 Å². The number of nitrogens with one attached hydrogen (secondary N) is 1. The molecule has 0 radical (unpaired) electrons. The Balaban J connectivity index is 0.00000208. The highest BCUT2D eigenvalue weighted by molar-refractivity contribution is 7.89. The summed E-state index contributed by atoms with van der Waals surface area (Å²) in [6.45, 7) is 7.19. The average molecular weight is 374 g/mol. The highest BCUT2D eigenvalue weighted by Gasteiger charge is 2.34. The van der Waals surface area contributed by atoms with E-state index in [1.165, 1.54) is 6.92 Å². The molecule has 0 bridgehead atoms. The highest BCUT2D eigenvalue weighted by Crippen LogP contribution is 2.31. The fourth-order valence-corrected chi connectivity index (χ4v) is 5.09. The number of piperazine rings is 1. The van der Waals surface area contributed by atoms with Crippen LogP contribution in [0.25, 0.3) is 0 Å². The van der Waals surface area contributed by atoms with E-state index >= 15 is 0 Å². The van der Waals surface area contributed by atoms with Gasteiger partial charge in [0.15, 0.2) is 0 Å². The third-order valence-corrected chi connectivity index (χ3v) is 6.62. The summed E-state index contributed by atoms with van der Waals surface area (Å²) in [5.41, 5.74) is 1.76. The number of fused-ring (bicyclic) bond motifs is 1. The van der Waals surface area contributed by atoms with Crippen LogP contribution in [-0.2, 0) is 21.2 Å². The largest absolute Gasteiger partial charge is 0.312 e. The number of anilines is 1. The lowest BCUT2D eigenvalue weighted by atomic mass is 10.2. The van der Waals surface area contributed by atoms with Crippen LogP contribution in [0.3, 0.4) is 0 Å². The zero-order valence-corrected chi connectivity index (χ0v) is 15.8. The van der Waals surface area contributed by atoms with E-state index in [1.54, 1.807) is 27.4 Å². The molecule has 6 nitrogen and oxygen atoms in total. The molecule has 2 unspecified atom stereocenters. The molecule has 2 atom stereocenters. The number of nitrogens with zero attached hydrogens (tertiary/aromatic N) is 2. The number of benzene rings is 1. The van der Waals surface area contributed by atoms with Crippen molar-refractivity contribution >= 4 is 34.0 Å². The molecule has 0 spiro atoms. The standard InChI is InChI=1S/C16H23N3O3S.ClH/c1-11-10-19(12(2)9-17-11)23(21,22)15-4-5-16-14(8-15)6-7-18(16)13(3)20;/h4-5,8,11-12,17H,6-7,9-10H2,1-3H3;1H. The second-order valence-electron chi connectivity index (χ2n) is 6.44. The minimum absolute atomic E-state index is 0. The Morgan fingerprint density at radius 2 is 2.00 bits per heavy atom. The molecule has 1 N–H and O–H groups in total. The van der Waals surface area contributed by atoms with E-state index in [9.17, 15) is 13.2 Å². The SMILES string of the molecule is CC(=O)N1CCc2cc(S(=O)(=O)N3CC(C)NCC3C)ccc21.Cl. The predicted molar refractivity (Wildman–Crippen MR) is 96.2 cm³/mol. The molecule has 1 aromatic rings. The summed E-state index contributed by atoms with van der Waals surface area (Å²) in [5, 5.41) is 3.29. The van der Waals surface area contributed by atoms with Crippen molar-refractivity contribution in [1.82, 2.24) is 9.62 Å². The Morgan fingerprint density at radius 1 is 1.29 bits per heavy atom. The van der Waals surface area contributed by atoms with Gasteiger partial charge in [0.2, 0.25) is 15.9 Å². The van der Waals surface area contributed by atoms with Crippen molar-refractivity contribution in [3.63, 3.8) is 0 Å². The molecule has 8 heteroatoms. The first kappa shape index (κ1) is 19.2. The van der Waals surface area contributed by atoms with Crippen molar-refractivity contribution < 1.29 is 13.2 Å². The van der Waals surface area contributed by atoms with Crippen LogP contribution in [0.5, 0.6) is 0 Å². The number of halogens is 1. The normalized spacial score (nSPS) is 24.4. The van der Waals surface area contributed by atoms with E-state index in [0.29, 0.717) is 31.0 Å². The van der Waals surface area contributed by atoms with Gasteiger partial charge in [-0.2, -0.15) is 4.31 Å². The summed E-state index contributed by atoms with van der Waals surface area (Å²) in [5.74, 6) is -0.0103. The maximum Gasteiger partial charge on any atom is 0.243 e. The van der Waals surface area contributed by atoms with E-state index in [0.717, 1.165) is 11.3 Å². The molecule has 0 saturated carbocycles. The molecule has 1 fully saturated rings. The van der Waals surface area contributed by atoms with Crippen LogP contribution in [0, 0.1) is 0 Å². The first-order valence-corrected chi connectivity index (χ1v) is 9.41. The molecule has 24 heavy (non-hydrogen) atoms. The van der Waals surface area contributed by atoms with E-state index in [2.05, 4.69) is 5.32 Å². The van der Waals surface area contributed by atoms with Crippen LogP contribution in [0.1, 0.15) is 26.3 Å². The maximum absolute atomic E-state index is 13.0. The van der Waals surface area contributed by atoms with Gasteiger partial charge < -0.3 is 10.2 Å². The monoisotopic (exact) mass is 373 g/mol. The second-order valence-corrected chi connectivity index (χ2v) is 8.33. The van der Waals surface area contributed by atoms with Crippen molar-refractivity contribution in [1.29, 1.82) is 0 Å². The van der Waals surface area contributed by atoms with Gasteiger partial charge in [0.05, 0.1) is 4.90 Å². The lowest BCUT2D eigenvalue weighted by Gasteiger charge is -2.36. The first-order chi connectivity index (χ1) is 10.8. The van der Waals surface area contributed by atoms with Crippen molar-refractivity contribution in [2.45, 2.75) is 44.2 Å². The number of hydrogen-bond donors (Lipinski definition) is 1. The number of amides is 1. The van der Waals surface area contributed by atoms with E-state index < -0.39 is 10.0 Å². The van der Waals surface area contributed by atoms with Crippen LogP contribution in [0.15, 0.2) is 23.1 Å². The Hall–Kier alpha value is -1.15. The molecular weight excluding hydrogens is 350 g/mol. The summed E-state index contributed by atoms with van der Waals surface area (Å²) in [6, 6.07) is 5.18. The summed E-state index contributed by atoms with van der Waals surface area (Å²) in [6.07, 6.45) is 0.700. The lowest BCUT2D eigenvalue weighted by Crippen LogP contribution is -2.56. The number of carbonyl (C=O) groups is 1. The second kappa shape index (κ2) is 7.00. The van der Waals surface area contributed by atoms with Crippen LogP contribution in [0.2, 0.25) is 0 Å². The zero-order valence-electron chi connectivity index (χ0n) is 14.2. The maximum atomic E-state index is 13.0. The molecular formula is C16H24ClN3O3S. The van der Waals surface area contributed by atoms with Gasteiger partial charge in [0.1, 0.15) is 0 Å². The van der Waals surface area contributed by atoms with Crippen molar-refractivity contribution in [3.8, 4) is 0 Å². The van der Waals surface area contributed by atoms with Gasteiger partial charge in [0.25, 0.3) is 0 Å². The smallest absolute Gasteiger partial charge is 0.243 e. The van der Waals surface area contributed by atoms with E-state index in [-0.39, 0.29) is 30.4 Å². The molecule has 1 amide bonds. The predicted octanol–water partition coefficient (Wildman–Crippen LogP) is 1.39. The van der Waals surface area contributed by atoms with Crippen LogP contribution in [0.4, 0.5) is 5.69 Å². The number of hydrogen-bond acceptors (Lipinski definition) is 4. The zero-order chi connectivity index (χ0) is 16.8. The van der Waals surface area contributed by atoms with E-state index in [1.807, 2.05) is 13.8 Å². The minimum Gasteiger partial charge on any atom is -0.312 e. The molecule has 134 valence electrons. The van der Waals surface area contributed by atoms with Crippen molar-refractivity contribution in [3.05, 3.63) is 23.8 Å². The molecule has 1 aromatic carbocycles. The van der Waals surface area contributed by atoms with Crippen molar-refractivity contribution in [2.24, 2.45) is 0 Å². The Labute approximate surface area is 149 Å². The Bertz CT molecular complexity index is 738. The highest BCUT2D eigenvalue weighted by atomic mass is 35.5. The van der Waals surface area contributed by atoms with Gasteiger partial charge in [-0.05, 0) is 44.0 Å². The van der Waals surface area contributed by atoms with Gasteiger partial charge in [0, 0.05) is 44.3 Å². The average Bonchev–Trinajstić information content (AvgIpc) is 2.92. The minimum atomic E-state index is -3.51. The summed E-state index contributed by atoms with van der Waals surface area (Å²) in [4.78, 5) is 13.6. The van der Waals surface area contributed by atoms with Gasteiger partial charge in [-0.25, -0.2) is 8.42 Å². The van der Waals surface area contributed by atoms with Gasteiger partial charge in [-0.1, -0.05) is 0 Å². The molecule has 2 aliphatic heterocycles. The summed E-state index contributed by atoms with van der Waals surface area (Å²) >= 11 is 0. The third kappa shape index (κ3) is 3.31. The Kier molecular flexibility index (Phi) is 5.59. The number of rotatable bonds is 2. The van der Waals surface area contributed by atoms with Gasteiger partial charge in [-0.15, -0.1) is 12.4 Å². The molecule has 2 aliphatic rings. The number of carbonyl (C=O) groups excluding carboxylic acids is 1. The number of sulfonamides is 1. The molecule has 0 aliphatic carbocycles. The summed E-state index contributed by atoms with van der Waals surface area (Å²) < 4.78 is 27.5. The van der Waals surface area contributed by atoms with Crippen molar-refractivity contribution in [2.75, 3.05) is 24.5 Å². The van der Waals surface area contributed by atoms with E-state index in [4.69, 9.17) is 0 Å². The summed E-state index contributed by atoms with van der Waals surface area (Å²) in [7, 11) is -3.51. The molecule has 0 aromatic heterocycles. The Morgan fingerprint density at radius 3 is 2.67 bits per heavy atom. The quantitative estimate of drug-likeness (QED) is 0.850. The topological polar surface area (TPSA) is 69.7 Å². The lowest BCUT2D eigenvalue weighted by molar-refractivity contribution is -0.116. The molecule has 2 heterocycles. The molecule has 1 saturated heterocycles. The van der Waals surface area contributed by atoms with Crippen LogP contribution in [-0.4, -0.2) is 50.3 Å². The fourth-order valence-electron chi connectivity index (χ4n) is 3.32. The van der Waals surface area contributed by atoms with Gasteiger partial charge in [-0.3, -0.25) is 4.79 Å². The first-order valence-electron chi connectivity index (χ1n) is 7.97. The third-order valence-electron chi connectivity index (χ3n) is 4.64. The molecule has 3 rings (SSSR count). The van der Waals surface area contributed by atoms with Crippen LogP contribution < -0.4 is 10.2 Å².